The minimum Gasteiger partial charge on any atom is -0.461 e. The highest BCUT2D eigenvalue weighted by Gasteiger charge is 2.52. The molecule has 8 aromatic rings. The van der Waals surface area contributed by atoms with E-state index in [0.717, 1.165) is 44.3 Å². The highest BCUT2D eigenvalue weighted by atomic mass is 79.9. The largest absolute Gasteiger partial charge is 0.496 e. The van der Waals surface area contributed by atoms with E-state index in [2.05, 4.69) is 90.2 Å². The quantitative estimate of drug-likeness (QED) is 0.0757. The summed E-state index contributed by atoms with van der Waals surface area (Å²) in [5.74, 6) is -0.263. The van der Waals surface area contributed by atoms with Gasteiger partial charge in [-0.3, -0.25) is 38.4 Å². The van der Waals surface area contributed by atoms with E-state index in [-0.39, 0.29) is 70.4 Å². The normalized spacial score (nSPS) is 16.1. The fraction of sp³-hybridized carbons (Fsp3) is 0.390. The van der Waals surface area contributed by atoms with Gasteiger partial charge in [-0.25, -0.2) is 9.97 Å². The van der Waals surface area contributed by atoms with Gasteiger partial charge >= 0.3 is 19.1 Å². The Kier molecular flexibility index (Phi) is 23.9. The van der Waals surface area contributed by atoms with E-state index >= 15 is 0 Å². The first kappa shape index (κ1) is 78.9. The number of pyridine rings is 4. The number of hydrogen-bond acceptors (Lipinski definition) is 18. The minimum atomic E-state index is -0.589. The highest BCUT2D eigenvalue weighted by Crippen LogP contribution is 2.40. The maximum absolute atomic E-state index is 14.0. The van der Waals surface area contributed by atoms with Crippen molar-refractivity contribution in [3.05, 3.63) is 215 Å². The van der Waals surface area contributed by atoms with E-state index in [1.165, 1.54) is 46.5 Å². The number of halogens is 1. The van der Waals surface area contributed by atoms with Crippen LogP contribution >= 0.6 is 15.9 Å². The van der Waals surface area contributed by atoms with E-state index in [1.54, 1.807) is 82.5 Å². The molecule has 3 fully saturated rings. The summed E-state index contributed by atoms with van der Waals surface area (Å²) in [6.45, 7) is 29.1. The molecule has 26 heteroatoms. The zero-order valence-electron chi connectivity index (χ0n) is 63.8. The molecule has 108 heavy (non-hydrogen) atoms. The van der Waals surface area contributed by atoms with Crippen LogP contribution in [-0.2, 0) is 88.8 Å². The Morgan fingerprint density at radius 1 is 0.537 bits per heavy atom. The lowest BCUT2D eigenvalue weighted by Crippen LogP contribution is -2.41. The van der Waals surface area contributed by atoms with Crippen LogP contribution in [0.4, 0.5) is 34.4 Å². The van der Waals surface area contributed by atoms with Gasteiger partial charge in [0, 0.05) is 130 Å². The molecule has 4 aromatic carbocycles. The molecule has 566 valence electrons. The molecule has 13 rings (SSSR count). The van der Waals surface area contributed by atoms with Crippen LogP contribution in [0.25, 0.3) is 11.1 Å². The number of carbonyl (C=O) groups excluding carboxylic acids is 6. The van der Waals surface area contributed by atoms with Gasteiger partial charge in [0.05, 0.1) is 60.1 Å². The van der Waals surface area contributed by atoms with Gasteiger partial charge in [0.2, 0.25) is 0 Å². The number of amides is 4. The van der Waals surface area contributed by atoms with Gasteiger partial charge in [-0.15, -0.1) is 0 Å². The van der Waals surface area contributed by atoms with Gasteiger partial charge in [-0.05, 0) is 146 Å². The Hall–Kier alpha value is -10.1. The van der Waals surface area contributed by atoms with Crippen molar-refractivity contribution >= 4 is 98.5 Å². The zero-order valence-corrected chi connectivity index (χ0v) is 65.4. The average molecular weight is 1530 g/mol. The fourth-order valence-electron chi connectivity index (χ4n) is 13.2. The molecule has 4 aromatic heterocycles. The van der Waals surface area contributed by atoms with Gasteiger partial charge in [0.25, 0.3) is 34.7 Å². The minimum absolute atomic E-state index is 0.0149. The smallest absolute Gasteiger partial charge is 0.461 e. The summed E-state index contributed by atoms with van der Waals surface area (Å²) < 4.78 is 37.4. The number of esters is 2. The monoisotopic (exact) mass is 1530 g/mol. The van der Waals surface area contributed by atoms with Gasteiger partial charge in [-0.2, -0.15) is 0 Å². The Morgan fingerprint density at radius 2 is 0.972 bits per heavy atom. The predicted octanol–water partition coefficient (Wildman–Crippen LogP) is 11.5. The topological polar surface area (TPSA) is 265 Å². The average Bonchev–Trinajstić information content (AvgIpc) is 1.20. The number of anilines is 6. The van der Waals surface area contributed by atoms with Gasteiger partial charge in [0.1, 0.15) is 36.2 Å². The van der Waals surface area contributed by atoms with Crippen molar-refractivity contribution in [3.63, 3.8) is 0 Å². The molecule has 9 heterocycles. The molecule has 0 aliphatic carbocycles. The zero-order chi connectivity index (χ0) is 77.7. The number of hydrogen-bond donors (Lipinski definition) is 2. The van der Waals surface area contributed by atoms with Gasteiger partial charge in [-0.1, -0.05) is 99.9 Å². The molecular weight excluding hydrogens is 1440 g/mol. The molecule has 0 unspecified atom stereocenters. The van der Waals surface area contributed by atoms with Crippen LogP contribution in [-0.4, -0.2) is 148 Å². The standard InChI is InChI=1S/C38H41N5O6.C22H29BN4O5.C22H24BrNO3/c1-24(44)49-23-31-29(7-6-8-33(31)43-14-13-25-19-28(38(2,3)4)10-11-30(25)36(43)46)27-20-32(37(47)41(5)22-27)40-34-12-9-26(21-39-34)35(45)42-15-17-48-18-16-42;1-21(2)22(3,4)32-23(31-21)16-12-17(20(29)26(5)14-16)25-18-7-6-15(13-24-18)19(28)27-8-10-30-11-9-27;1-14(25)27-13-18-19(23)6-5-7-20(18)24-11-10-15-12-16(22(2,3)4)8-9-17(15)21(24)26/h6-12,19-22H,13-18,23H2,1-5H3,(H,39,40);6-7,12-14H,8-11H2,1-5H3,(H,24,25);5-9,12H,10-11,13H2,1-4H3. The van der Waals surface area contributed by atoms with E-state index in [1.807, 2.05) is 88.4 Å². The fourth-order valence-corrected chi connectivity index (χ4v) is 13.6. The van der Waals surface area contributed by atoms with Crippen molar-refractivity contribution < 1.29 is 57.0 Å². The lowest BCUT2D eigenvalue weighted by atomic mass is 9.80. The van der Waals surface area contributed by atoms with Crippen LogP contribution in [0.2, 0.25) is 0 Å². The van der Waals surface area contributed by atoms with E-state index in [4.69, 9.17) is 28.3 Å². The van der Waals surface area contributed by atoms with Crippen LogP contribution in [0.1, 0.15) is 158 Å². The summed E-state index contributed by atoms with van der Waals surface area (Å²) in [5.41, 5.74) is 11.0. The lowest BCUT2D eigenvalue weighted by Gasteiger charge is -2.32. The number of fused-ring (bicyclic) bond motifs is 2. The second kappa shape index (κ2) is 32.8. The van der Waals surface area contributed by atoms with Gasteiger partial charge < -0.3 is 67.6 Å². The number of rotatable bonds is 14. The third-order valence-electron chi connectivity index (χ3n) is 20.1. The summed E-state index contributed by atoms with van der Waals surface area (Å²) in [5, 5.41) is 6.17. The molecule has 2 N–H and O–H groups in total. The molecule has 3 saturated heterocycles. The molecule has 0 radical (unpaired) electrons. The van der Waals surface area contributed by atoms with Crippen molar-refractivity contribution in [1.29, 1.82) is 0 Å². The Balaban J connectivity index is 0.000000170. The van der Waals surface area contributed by atoms with Crippen LogP contribution in [0.15, 0.2) is 148 Å². The third kappa shape index (κ3) is 18.0. The molecular formula is C82H94BBrN10O14. The Morgan fingerprint density at radius 3 is 1.42 bits per heavy atom. The lowest BCUT2D eigenvalue weighted by molar-refractivity contribution is -0.143. The first-order chi connectivity index (χ1) is 51.2. The highest BCUT2D eigenvalue weighted by molar-refractivity contribution is 9.10. The molecule has 0 atom stereocenters. The Bertz CT molecular complexity index is 4850. The molecule has 4 amide bonds. The summed E-state index contributed by atoms with van der Waals surface area (Å²) in [4.78, 5) is 118. The number of aromatic nitrogens is 4. The maximum atomic E-state index is 14.0. The van der Waals surface area contributed by atoms with Crippen molar-refractivity contribution in [2.24, 2.45) is 14.1 Å². The number of carbonyl (C=O) groups is 6. The number of nitrogens with one attached hydrogen (secondary N) is 2. The van der Waals surface area contributed by atoms with Crippen molar-refractivity contribution in [1.82, 2.24) is 28.9 Å². The summed E-state index contributed by atoms with van der Waals surface area (Å²) in [7, 11) is 2.75. The first-order valence-electron chi connectivity index (χ1n) is 36.2. The predicted molar refractivity (Wildman–Crippen MR) is 419 cm³/mol. The van der Waals surface area contributed by atoms with E-state index in [0.29, 0.717) is 129 Å². The number of aryl methyl sites for hydroxylation is 2. The SMILES string of the molecule is CC(=O)OCc1c(-c2cc(Nc3ccc(C(=O)N4CCOCC4)cn3)c(=O)n(C)c2)cccc1N1CCc2cc(C(C)(C)C)ccc2C1=O.CC(=O)OCc1c(Br)cccc1N1CCc2cc(C(C)(C)C)ccc2C1=O.Cn1cc(B2OC(C)(C)C(C)(C)O2)cc(Nc2ccc(C(=O)N3CCOCC3)cn2)c1=O. The molecule has 24 nitrogen and oxygen atoms in total. The first-order valence-corrected chi connectivity index (χ1v) is 37.0. The van der Waals surface area contributed by atoms with Crippen LogP contribution in [0.5, 0.6) is 0 Å². The molecule has 0 spiro atoms. The van der Waals surface area contributed by atoms with Crippen LogP contribution in [0.3, 0.4) is 0 Å². The third-order valence-corrected chi connectivity index (χ3v) is 20.9. The molecule has 0 saturated carbocycles. The number of nitrogens with zero attached hydrogens (tertiary/aromatic N) is 8. The molecule has 5 aliphatic heterocycles. The Labute approximate surface area is 638 Å². The number of ether oxygens (including phenoxy) is 4. The van der Waals surface area contributed by atoms with E-state index in [9.17, 15) is 38.4 Å². The van der Waals surface area contributed by atoms with Gasteiger partial charge in [0.15, 0.2) is 0 Å². The molecule has 5 aliphatic rings. The maximum Gasteiger partial charge on any atom is 0.496 e. The van der Waals surface area contributed by atoms with Crippen molar-refractivity contribution in [3.8, 4) is 11.1 Å². The number of morpholine rings is 2. The summed E-state index contributed by atoms with van der Waals surface area (Å²) >= 11 is 3.52. The van der Waals surface area contributed by atoms with Crippen LogP contribution < -0.4 is 37.0 Å². The second-order valence-corrected chi connectivity index (χ2v) is 31.3. The second-order valence-electron chi connectivity index (χ2n) is 30.4. The molecule has 0 bridgehead atoms. The van der Waals surface area contributed by atoms with Crippen molar-refractivity contribution in [2.45, 2.75) is 131 Å². The summed E-state index contributed by atoms with van der Waals surface area (Å²) in [6.07, 6.45) is 7.91. The van der Waals surface area contributed by atoms with Crippen molar-refractivity contribution in [2.75, 3.05) is 86.1 Å². The van der Waals surface area contributed by atoms with E-state index < -0.39 is 24.3 Å². The summed E-state index contributed by atoms with van der Waals surface area (Å²) in [6, 6.07) is 33.6. The van der Waals surface area contributed by atoms with Crippen LogP contribution in [0, 0.1) is 0 Å². The number of benzene rings is 4.